The van der Waals surface area contributed by atoms with E-state index in [1.165, 1.54) is 0 Å². The predicted octanol–water partition coefficient (Wildman–Crippen LogP) is 4.62. The van der Waals surface area contributed by atoms with Crippen molar-refractivity contribution in [2.75, 3.05) is 24.9 Å². The summed E-state index contributed by atoms with van der Waals surface area (Å²) < 4.78 is 10.4. The van der Waals surface area contributed by atoms with Crippen molar-refractivity contribution in [3.05, 3.63) is 77.1 Å². The molecular formula is C21H20ClN3O3. The number of hydrogen-bond acceptors (Lipinski definition) is 5. The van der Waals surface area contributed by atoms with Crippen LogP contribution in [0.15, 0.2) is 60.8 Å². The fourth-order valence-corrected chi connectivity index (χ4v) is 2.67. The monoisotopic (exact) mass is 397 g/mol. The molecule has 3 rings (SSSR count). The first-order valence-electron chi connectivity index (χ1n) is 8.57. The van der Waals surface area contributed by atoms with Gasteiger partial charge in [0.1, 0.15) is 5.69 Å². The maximum Gasteiger partial charge on any atom is 0.274 e. The Morgan fingerprint density at radius 3 is 2.32 bits per heavy atom. The van der Waals surface area contributed by atoms with Crippen molar-refractivity contribution in [2.24, 2.45) is 0 Å². The normalized spacial score (nSPS) is 10.2. The van der Waals surface area contributed by atoms with Crippen LogP contribution in [0.4, 0.5) is 11.4 Å². The summed E-state index contributed by atoms with van der Waals surface area (Å²) >= 11 is 5.88. The lowest BCUT2D eigenvalue weighted by molar-refractivity contribution is 0.102. The second kappa shape index (κ2) is 9.10. The van der Waals surface area contributed by atoms with Gasteiger partial charge in [-0.05, 0) is 42.0 Å². The van der Waals surface area contributed by atoms with Gasteiger partial charge in [-0.1, -0.05) is 23.7 Å². The number of rotatable bonds is 7. The first-order chi connectivity index (χ1) is 13.6. The first kappa shape index (κ1) is 19.5. The zero-order chi connectivity index (χ0) is 19.9. The largest absolute Gasteiger partial charge is 0.493 e. The van der Waals surface area contributed by atoms with Crippen LogP contribution >= 0.6 is 11.6 Å². The SMILES string of the molecule is COc1ccc(NC(=O)c2ccc(NCc3ccc(Cl)cc3)cn2)cc1OC. The predicted molar refractivity (Wildman–Crippen MR) is 111 cm³/mol. The lowest BCUT2D eigenvalue weighted by Crippen LogP contribution is -2.14. The van der Waals surface area contributed by atoms with E-state index in [-0.39, 0.29) is 5.91 Å². The molecule has 7 heteroatoms. The molecule has 0 bridgehead atoms. The number of nitrogens with zero attached hydrogens (tertiary/aromatic N) is 1. The number of halogens is 1. The van der Waals surface area contributed by atoms with Gasteiger partial charge in [-0.25, -0.2) is 4.98 Å². The highest BCUT2D eigenvalue weighted by atomic mass is 35.5. The number of carbonyl (C=O) groups excluding carboxylic acids is 1. The van der Waals surface area contributed by atoms with Crippen molar-refractivity contribution in [2.45, 2.75) is 6.54 Å². The van der Waals surface area contributed by atoms with E-state index in [4.69, 9.17) is 21.1 Å². The molecule has 6 nitrogen and oxygen atoms in total. The first-order valence-corrected chi connectivity index (χ1v) is 8.94. The summed E-state index contributed by atoms with van der Waals surface area (Å²) in [5.41, 5.74) is 2.82. The molecular weight excluding hydrogens is 378 g/mol. The fraction of sp³-hybridized carbons (Fsp3) is 0.143. The Hall–Kier alpha value is -3.25. The minimum atomic E-state index is -0.309. The van der Waals surface area contributed by atoms with E-state index >= 15 is 0 Å². The molecule has 1 heterocycles. The van der Waals surface area contributed by atoms with Crippen LogP contribution in [-0.4, -0.2) is 25.1 Å². The lowest BCUT2D eigenvalue weighted by Gasteiger charge is -2.11. The zero-order valence-corrected chi connectivity index (χ0v) is 16.3. The summed E-state index contributed by atoms with van der Waals surface area (Å²) in [6.45, 7) is 0.635. The Kier molecular flexibility index (Phi) is 6.34. The number of aromatic nitrogens is 1. The van der Waals surface area contributed by atoms with E-state index in [0.29, 0.717) is 34.4 Å². The number of pyridine rings is 1. The van der Waals surface area contributed by atoms with Crippen molar-refractivity contribution >= 4 is 28.9 Å². The molecule has 0 fully saturated rings. The number of ether oxygens (including phenoxy) is 2. The molecule has 0 unspecified atom stereocenters. The van der Waals surface area contributed by atoms with Crippen molar-refractivity contribution in [1.82, 2.24) is 4.98 Å². The van der Waals surface area contributed by atoms with E-state index in [9.17, 15) is 4.79 Å². The van der Waals surface area contributed by atoms with E-state index < -0.39 is 0 Å². The van der Waals surface area contributed by atoms with E-state index in [0.717, 1.165) is 11.3 Å². The summed E-state index contributed by atoms with van der Waals surface area (Å²) in [5.74, 6) is 0.821. The highest BCUT2D eigenvalue weighted by Gasteiger charge is 2.10. The number of hydrogen-bond donors (Lipinski definition) is 2. The maximum atomic E-state index is 12.4. The van der Waals surface area contributed by atoms with Crippen LogP contribution in [0.1, 0.15) is 16.1 Å². The van der Waals surface area contributed by atoms with Gasteiger partial charge in [-0.2, -0.15) is 0 Å². The third-order valence-electron chi connectivity index (χ3n) is 4.05. The minimum absolute atomic E-state index is 0.309. The molecule has 2 N–H and O–H groups in total. The van der Waals surface area contributed by atoms with Gasteiger partial charge < -0.3 is 20.1 Å². The third kappa shape index (κ3) is 4.92. The van der Waals surface area contributed by atoms with E-state index in [1.807, 2.05) is 30.3 Å². The maximum absolute atomic E-state index is 12.4. The molecule has 0 atom stereocenters. The van der Waals surface area contributed by atoms with Gasteiger partial charge >= 0.3 is 0 Å². The van der Waals surface area contributed by atoms with Crippen LogP contribution in [0.5, 0.6) is 11.5 Å². The number of methoxy groups -OCH3 is 2. The lowest BCUT2D eigenvalue weighted by atomic mass is 10.2. The van der Waals surface area contributed by atoms with Crippen LogP contribution in [0.3, 0.4) is 0 Å². The minimum Gasteiger partial charge on any atom is -0.493 e. The molecule has 0 radical (unpaired) electrons. The molecule has 144 valence electrons. The highest BCUT2D eigenvalue weighted by molar-refractivity contribution is 6.30. The number of carbonyl (C=O) groups is 1. The molecule has 0 saturated heterocycles. The van der Waals surface area contributed by atoms with E-state index in [2.05, 4.69) is 15.6 Å². The summed E-state index contributed by atoms with van der Waals surface area (Å²) in [7, 11) is 3.10. The van der Waals surface area contributed by atoms with Gasteiger partial charge in [0, 0.05) is 23.3 Å². The summed E-state index contributed by atoms with van der Waals surface area (Å²) in [5, 5.41) is 6.76. The van der Waals surface area contributed by atoms with Crippen molar-refractivity contribution in [1.29, 1.82) is 0 Å². The molecule has 0 aliphatic carbocycles. The fourth-order valence-electron chi connectivity index (χ4n) is 2.55. The van der Waals surface area contributed by atoms with Gasteiger partial charge in [0.2, 0.25) is 0 Å². The van der Waals surface area contributed by atoms with E-state index in [1.54, 1.807) is 44.7 Å². The molecule has 0 saturated carbocycles. The molecule has 0 aliphatic heterocycles. The van der Waals surface area contributed by atoms with Gasteiger partial charge in [0.15, 0.2) is 11.5 Å². The second-order valence-electron chi connectivity index (χ2n) is 5.94. The molecule has 0 aliphatic rings. The summed E-state index contributed by atoms with van der Waals surface area (Å²) in [6.07, 6.45) is 1.62. The Morgan fingerprint density at radius 1 is 0.964 bits per heavy atom. The molecule has 28 heavy (non-hydrogen) atoms. The van der Waals surface area contributed by atoms with Crippen molar-refractivity contribution in [3.63, 3.8) is 0 Å². The van der Waals surface area contributed by atoms with Gasteiger partial charge in [0.05, 0.1) is 26.1 Å². The standard InChI is InChI=1S/C21H20ClN3O3/c1-27-19-10-8-16(11-20(19)28-2)25-21(26)18-9-7-17(13-24-18)23-12-14-3-5-15(22)6-4-14/h3-11,13,23H,12H2,1-2H3,(H,25,26). The smallest absolute Gasteiger partial charge is 0.274 e. The molecule has 0 spiro atoms. The molecule has 1 amide bonds. The van der Waals surface area contributed by atoms with Crippen LogP contribution in [0.2, 0.25) is 5.02 Å². The zero-order valence-electron chi connectivity index (χ0n) is 15.5. The van der Waals surface area contributed by atoms with Crippen LogP contribution in [-0.2, 0) is 6.54 Å². The average Bonchev–Trinajstić information content (AvgIpc) is 2.73. The number of nitrogens with one attached hydrogen (secondary N) is 2. The number of amides is 1. The number of benzene rings is 2. The Morgan fingerprint density at radius 2 is 1.68 bits per heavy atom. The summed E-state index contributed by atoms with van der Waals surface area (Å²) in [6, 6.07) is 16.2. The van der Waals surface area contributed by atoms with Crippen LogP contribution in [0, 0.1) is 0 Å². The quantitative estimate of drug-likeness (QED) is 0.608. The second-order valence-corrected chi connectivity index (χ2v) is 6.37. The average molecular weight is 398 g/mol. The highest BCUT2D eigenvalue weighted by Crippen LogP contribution is 2.29. The number of anilines is 2. The molecule has 1 aromatic heterocycles. The Labute approximate surface area is 168 Å². The van der Waals surface area contributed by atoms with Gasteiger partial charge in [-0.3, -0.25) is 4.79 Å². The molecule has 2 aromatic carbocycles. The van der Waals surface area contributed by atoms with Crippen molar-refractivity contribution < 1.29 is 14.3 Å². The van der Waals surface area contributed by atoms with Crippen LogP contribution < -0.4 is 20.1 Å². The summed E-state index contributed by atoms with van der Waals surface area (Å²) in [4.78, 5) is 16.6. The third-order valence-corrected chi connectivity index (χ3v) is 4.30. The van der Waals surface area contributed by atoms with Gasteiger partial charge in [-0.15, -0.1) is 0 Å². The van der Waals surface area contributed by atoms with Crippen molar-refractivity contribution in [3.8, 4) is 11.5 Å². The van der Waals surface area contributed by atoms with Gasteiger partial charge in [0.25, 0.3) is 5.91 Å². The molecule has 3 aromatic rings. The van der Waals surface area contributed by atoms with Crippen LogP contribution in [0.25, 0.3) is 0 Å². The Balaban J connectivity index is 1.61. The Bertz CT molecular complexity index is 944. The topological polar surface area (TPSA) is 72.5 Å².